The molecule has 0 saturated heterocycles. The van der Waals surface area contributed by atoms with E-state index in [4.69, 9.17) is 9.78 Å². The third-order valence-corrected chi connectivity index (χ3v) is 3.08. The lowest BCUT2D eigenvalue weighted by Crippen LogP contribution is -2.42. The van der Waals surface area contributed by atoms with Crippen LogP contribution in [0.5, 0.6) is 0 Å². The van der Waals surface area contributed by atoms with Gasteiger partial charge in [0, 0.05) is 11.1 Å². The summed E-state index contributed by atoms with van der Waals surface area (Å²) in [4.78, 5) is 23.0. The van der Waals surface area contributed by atoms with Crippen LogP contribution in [-0.2, 0) is 20.2 Å². The quantitative estimate of drug-likeness (QED) is 0.674. The Morgan fingerprint density at radius 2 is 1.23 bits per heavy atom. The molecule has 4 nitrogen and oxygen atoms in total. The van der Waals surface area contributed by atoms with Crippen molar-refractivity contribution in [3.63, 3.8) is 0 Å². The maximum Gasteiger partial charge on any atom is 0.348 e. The van der Waals surface area contributed by atoms with Gasteiger partial charge in [0.15, 0.2) is 0 Å². The van der Waals surface area contributed by atoms with Crippen LogP contribution in [0.4, 0.5) is 0 Å². The molecule has 0 spiro atoms. The lowest BCUT2D eigenvalue weighted by Gasteiger charge is -2.32. The predicted molar refractivity (Wildman–Crippen MR) is 83.2 cm³/mol. The summed E-state index contributed by atoms with van der Waals surface area (Å²) in [5.41, 5.74) is -1.35. The van der Waals surface area contributed by atoms with Crippen LogP contribution in [-0.4, -0.2) is 16.7 Å². The number of carbonyl (C=O) groups is 1. The van der Waals surface area contributed by atoms with Gasteiger partial charge in [-0.15, -0.1) is 0 Å². The molecule has 0 radical (unpaired) electrons. The number of benzene rings is 2. The number of hydrogen-bond donors (Lipinski definition) is 1. The van der Waals surface area contributed by atoms with Crippen LogP contribution in [0.1, 0.15) is 31.9 Å². The summed E-state index contributed by atoms with van der Waals surface area (Å²) in [6, 6.07) is 17.6. The third kappa shape index (κ3) is 3.35. The molecule has 116 valence electrons. The van der Waals surface area contributed by atoms with Crippen molar-refractivity contribution in [2.75, 3.05) is 0 Å². The number of aliphatic carboxylic acids is 1. The first-order valence-electron chi connectivity index (χ1n) is 7.07. The first-order valence-corrected chi connectivity index (χ1v) is 7.07. The van der Waals surface area contributed by atoms with Crippen LogP contribution >= 0.6 is 0 Å². The third-order valence-electron chi connectivity index (χ3n) is 3.08. The first-order chi connectivity index (χ1) is 10.4. The van der Waals surface area contributed by atoms with Gasteiger partial charge in [-0.05, 0) is 20.8 Å². The molecule has 0 bridgehead atoms. The Balaban J connectivity index is 2.58. The topological polar surface area (TPSA) is 55.8 Å². The molecule has 22 heavy (non-hydrogen) atoms. The molecule has 0 amide bonds. The second-order valence-corrected chi connectivity index (χ2v) is 6.00. The SMILES string of the molecule is CC(C)(C)OOC(C(=O)O)(c1ccccc1)c1ccccc1. The van der Waals surface area contributed by atoms with Crippen molar-refractivity contribution < 1.29 is 19.7 Å². The molecule has 4 heteroatoms. The van der Waals surface area contributed by atoms with Crippen LogP contribution in [0, 0.1) is 0 Å². The van der Waals surface area contributed by atoms with Crippen molar-refractivity contribution >= 4 is 5.97 Å². The van der Waals surface area contributed by atoms with E-state index in [0.717, 1.165) is 0 Å². The van der Waals surface area contributed by atoms with Crippen LogP contribution in [0.2, 0.25) is 0 Å². The zero-order valence-electron chi connectivity index (χ0n) is 12.9. The normalized spacial score (nSPS) is 12.1. The van der Waals surface area contributed by atoms with Crippen molar-refractivity contribution in [3.05, 3.63) is 71.8 Å². The molecule has 2 rings (SSSR count). The highest BCUT2D eigenvalue weighted by atomic mass is 17.2. The summed E-state index contributed by atoms with van der Waals surface area (Å²) >= 11 is 0. The molecule has 0 aliphatic heterocycles. The molecule has 0 unspecified atom stereocenters. The van der Waals surface area contributed by atoms with Crippen molar-refractivity contribution in [1.29, 1.82) is 0 Å². The second kappa shape index (κ2) is 6.30. The van der Waals surface area contributed by atoms with E-state index in [1.807, 2.05) is 12.1 Å². The molecule has 1 N–H and O–H groups in total. The fraction of sp³-hybridized carbons (Fsp3) is 0.278. The molecule has 2 aromatic rings. The maximum absolute atomic E-state index is 12.1. The Morgan fingerprint density at radius 3 is 1.55 bits per heavy atom. The van der Waals surface area contributed by atoms with E-state index < -0.39 is 17.2 Å². The van der Waals surface area contributed by atoms with Crippen LogP contribution in [0.3, 0.4) is 0 Å². The molecule has 0 fully saturated rings. The highest BCUT2D eigenvalue weighted by Gasteiger charge is 2.46. The van der Waals surface area contributed by atoms with E-state index in [1.165, 1.54) is 0 Å². The smallest absolute Gasteiger partial charge is 0.348 e. The second-order valence-electron chi connectivity index (χ2n) is 6.00. The van der Waals surface area contributed by atoms with Gasteiger partial charge < -0.3 is 5.11 Å². The molecule has 0 aliphatic carbocycles. The highest BCUT2D eigenvalue weighted by Crippen LogP contribution is 2.35. The van der Waals surface area contributed by atoms with Gasteiger partial charge in [0.1, 0.15) is 0 Å². The van der Waals surface area contributed by atoms with Crippen LogP contribution < -0.4 is 0 Å². The Morgan fingerprint density at radius 1 is 0.818 bits per heavy atom. The minimum atomic E-state index is -1.71. The molecule has 0 saturated carbocycles. The Hall–Kier alpha value is -2.17. The summed E-state index contributed by atoms with van der Waals surface area (Å²) in [5, 5.41) is 9.92. The summed E-state index contributed by atoms with van der Waals surface area (Å²) in [6.45, 7) is 5.40. The zero-order chi connectivity index (χ0) is 16.2. The van der Waals surface area contributed by atoms with Crippen LogP contribution in [0.25, 0.3) is 0 Å². The lowest BCUT2D eigenvalue weighted by atomic mass is 9.86. The van der Waals surface area contributed by atoms with Gasteiger partial charge in [-0.2, -0.15) is 0 Å². The monoisotopic (exact) mass is 300 g/mol. The minimum Gasteiger partial charge on any atom is -0.478 e. The average molecular weight is 300 g/mol. The average Bonchev–Trinajstić information content (AvgIpc) is 2.49. The van der Waals surface area contributed by atoms with Crippen LogP contribution in [0.15, 0.2) is 60.7 Å². The molecular weight excluding hydrogens is 280 g/mol. The Labute approximate surface area is 130 Å². The summed E-state index contributed by atoms with van der Waals surface area (Å²) in [6.07, 6.45) is 0. The zero-order valence-corrected chi connectivity index (χ0v) is 12.9. The van der Waals surface area contributed by atoms with Crippen molar-refractivity contribution in [2.45, 2.75) is 32.0 Å². The molecule has 0 aromatic heterocycles. The van der Waals surface area contributed by atoms with E-state index in [0.29, 0.717) is 11.1 Å². The van der Waals surface area contributed by atoms with Gasteiger partial charge in [-0.3, -0.25) is 0 Å². The fourth-order valence-electron chi connectivity index (χ4n) is 2.08. The van der Waals surface area contributed by atoms with Gasteiger partial charge >= 0.3 is 5.97 Å². The fourth-order valence-corrected chi connectivity index (χ4v) is 2.08. The number of carboxylic acids is 1. The number of rotatable bonds is 5. The standard InChI is InChI=1S/C18H20O4/c1-17(2,3)21-22-18(16(19)20,14-10-6-4-7-11-14)15-12-8-5-9-13-15/h4-13H,1-3H3,(H,19,20). The number of hydrogen-bond acceptors (Lipinski definition) is 3. The molecule has 0 atom stereocenters. The number of carboxylic acid groups (broad SMARTS) is 1. The molecule has 2 aromatic carbocycles. The summed E-state index contributed by atoms with van der Waals surface area (Å²) < 4.78 is 0. The van der Waals surface area contributed by atoms with E-state index in [1.54, 1.807) is 69.3 Å². The Kier molecular flexibility index (Phi) is 4.64. The lowest BCUT2D eigenvalue weighted by molar-refractivity contribution is -0.392. The highest BCUT2D eigenvalue weighted by molar-refractivity contribution is 5.84. The van der Waals surface area contributed by atoms with E-state index in [2.05, 4.69) is 0 Å². The van der Waals surface area contributed by atoms with E-state index in [-0.39, 0.29) is 0 Å². The van der Waals surface area contributed by atoms with Gasteiger partial charge in [-0.1, -0.05) is 60.7 Å². The van der Waals surface area contributed by atoms with E-state index >= 15 is 0 Å². The molecule has 0 heterocycles. The predicted octanol–water partition coefficient (Wildman–Crippen LogP) is 3.76. The first kappa shape index (κ1) is 16.2. The van der Waals surface area contributed by atoms with Crippen molar-refractivity contribution in [1.82, 2.24) is 0 Å². The van der Waals surface area contributed by atoms with Gasteiger partial charge in [-0.25, -0.2) is 14.6 Å². The van der Waals surface area contributed by atoms with Crippen molar-refractivity contribution in [3.8, 4) is 0 Å². The molecule has 0 aliphatic rings. The van der Waals surface area contributed by atoms with Gasteiger partial charge in [0.25, 0.3) is 0 Å². The summed E-state index contributed by atoms with van der Waals surface area (Å²) in [5.74, 6) is -1.13. The Bertz CT molecular complexity index is 575. The maximum atomic E-state index is 12.1. The summed E-state index contributed by atoms with van der Waals surface area (Å²) in [7, 11) is 0. The van der Waals surface area contributed by atoms with Crippen molar-refractivity contribution in [2.24, 2.45) is 0 Å². The molecular formula is C18H20O4. The van der Waals surface area contributed by atoms with Gasteiger partial charge in [0.2, 0.25) is 5.60 Å². The largest absolute Gasteiger partial charge is 0.478 e. The minimum absolute atomic E-state index is 0.498. The van der Waals surface area contributed by atoms with E-state index in [9.17, 15) is 9.90 Å². The van der Waals surface area contributed by atoms with Gasteiger partial charge in [0.05, 0.1) is 5.60 Å².